The molecule has 1 aromatic carbocycles. The predicted molar refractivity (Wildman–Crippen MR) is 46.1 cm³/mol. The van der Waals surface area contributed by atoms with Crippen LogP contribution in [0.2, 0.25) is 0 Å². The molecule has 0 aliphatic heterocycles. The maximum Gasteiger partial charge on any atom is 0.0840 e. The Morgan fingerprint density at radius 3 is 2.00 bits per heavy atom. The zero-order chi connectivity index (χ0) is 8.48. The second kappa shape index (κ2) is 2.67. The molecule has 0 aliphatic carbocycles. The lowest BCUT2D eigenvalue weighted by atomic mass is 9.98. The van der Waals surface area contributed by atoms with Crippen molar-refractivity contribution in [1.82, 2.24) is 0 Å². The summed E-state index contributed by atoms with van der Waals surface area (Å²) in [6, 6.07) is 7.57. The van der Waals surface area contributed by atoms with Crippen LogP contribution in [-0.4, -0.2) is 5.11 Å². The molecule has 0 unspecified atom stereocenters. The van der Waals surface area contributed by atoms with Crippen molar-refractivity contribution in [2.24, 2.45) is 0 Å². The maximum absolute atomic E-state index is 9.56. The Bertz CT molecular complexity index is 228. The molecule has 0 aliphatic rings. The van der Waals surface area contributed by atoms with E-state index in [9.17, 15) is 5.11 Å². The zero-order valence-corrected chi connectivity index (χ0v) is 6.96. The lowest BCUT2D eigenvalue weighted by Crippen LogP contribution is -2.14. The first-order chi connectivity index (χ1) is 5.00. The summed E-state index contributed by atoms with van der Waals surface area (Å²) in [5.41, 5.74) is 1.15. The van der Waals surface area contributed by atoms with Crippen molar-refractivity contribution >= 4 is 0 Å². The van der Waals surface area contributed by atoms with Gasteiger partial charge in [-0.1, -0.05) is 24.3 Å². The molecule has 59 valence electrons. The molecule has 1 N–H and O–H groups in total. The van der Waals surface area contributed by atoms with Gasteiger partial charge in [-0.2, -0.15) is 0 Å². The van der Waals surface area contributed by atoms with E-state index >= 15 is 0 Å². The molecule has 0 saturated carbocycles. The van der Waals surface area contributed by atoms with Crippen molar-refractivity contribution in [3.05, 3.63) is 42.3 Å². The molecule has 0 saturated heterocycles. The first-order valence-corrected chi connectivity index (χ1v) is 3.65. The molecule has 0 bridgehead atoms. The van der Waals surface area contributed by atoms with Crippen molar-refractivity contribution in [1.29, 1.82) is 0 Å². The van der Waals surface area contributed by atoms with Crippen LogP contribution in [0.15, 0.2) is 24.3 Å². The van der Waals surface area contributed by atoms with Crippen LogP contribution >= 0.6 is 0 Å². The summed E-state index contributed by atoms with van der Waals surface area (Å²) in [7, 11) is 0. The molecule has 1 rings (SSSR count). The normalized spacial score (nSPS) is 11.6. The Morgan fingerprint density at radius 2 is 1.64 bits per heavy atom. The second-order valence-corrected chi connectivity index (χ2v) is 3.26. The van der Waals surface area contributed by atoms with Gasteiger partial charge in [0, 0.05) is 0 Å². The van der Waals surface area contributed by atoms with Gasteiger partial charge in [0.1, 0.15) is 0 Å². The van der Waals surface area contributed by atoms with Gasteiger partial charge in [-0.15, -0.1) is 0 Å². The minimum absolute atomic E-state index is 0.742. The Balaban J connectivity index is 2.99. The molecule has 0 heterocycles. The van der Waals surface area contributed by atoms with Crippen molar-refractivity contribution in [3.8, 4) is 0 Å². The lowest BCUT2D eigenvalue weighted by molar-refractivity contribution is 0.0786. The van der Waals surface area contributed by atoms with Crippen LogP contribution in [0.25, 0.3) is 0 Å². The van der Waals surface area contributed by atoms with Gasteiger partial charge in [-0.05, 0) is 31.9 Å². The molecule has 0 atom stereocenters. The van der Waals surface area contributed by atoms with Crippen LogP contribution in [0.1, 0.15) is 25.0 Å². The lowest BCUT2D eigenvalue weighted by Gasteiger charge is -2.17. The first kappa shape index (κ1) is 8.28. The number of aliphatic hydroxyl groups is 1. The van der Waals surface area contributed by atoms with E-state index in [1.165, 1.54) is 0 Å². The minimum atomic E-state index is -0.742. The molecule has 1 aromatic rings. The van der Waals surface area contributed by atoms with Crippen molar-refractivity contribution in [2.45, 2.75) is 19.4 Å². The molecule has 0 amide bonds. The van der Waals surface area contributed by atoms with Crippen molar-refractivity contribution < 1.29 is 5.11 Å². The third kappa shape index (κ3) is 2.05. The van der Waals surface area contributed by atoms with E-state index in [0.29, 0.717) is 0 Å². The fourth-order valence-electron chi connectivity index (χ4n) is 0.913. The number of rotatable bonds is 1. The molecule has 11 heavy (non-hydrogen) atoms. The zero-order valence-electron chi connectivity index (χ0n) is 6.96. The fraction of sp³-hybridized carbons (Fsp3) is 0.300. The van der Waals surface area contributed by atoms with Crippen LogP contribution in [0, 0.1) is 6.92 Å². The van der Waals surface area contributed by atoms with E-state index in [-0.39, 0.29) is 0 Å². The van der Waals surface area contributed by atoms with E-state index in [4.69, 9.17) is 0 Å². The molecule has 0 spiro atoms. The highest BCUT2D eigenvalue weighted by Crippen LogP contribution is 2.19. The topological polar surface area (TPSA) is 20.2 Å². The third-order valence-electron chi connectivity index (χ3n) is 1.66. The van der Waals surface area contributed by atoms with E-state index in [1.807, 2.05) is 24.3 Å². The fourth-order valence-corrected chi connectivity index (χ4v) is 0.913. The average Bonchev–Trinajstić information content (AvgIpc) is 1.86. The van der Waals surface area contributed by atoms with Gasteiger partial charge < -0.3 is 5.11 Å². The van der Waals surface area contributed by atoms with Gasteiger partial charge >= 0.3 is 0 Å². The molecular weight excluding hydrogens is 136 g/mol. The van der Waals surface area contributed by atoms with Gasteiger partial charge in [0.25, 0.3) is 0 Å². The van der Waals surface area contributed by atoms with E-state index < -0.39 is 5.60 Å². The summed E-state index contributed by atoms with van der Waals surface area (Å²) in [5.74, 6) is 0. The van der Waals surface area contributed by atoms with Gasteiger partial charge in [-0.3, -0.25) is 0 Å². The summed E-state index contributed by atoms with van der Waals surface area (Å²) in [5, 5.41) is 9.56. The summed E-state index contributed by atoms with van der Waals surface area (Å²) in [6.07, 6.45) is 0. The molecule has 0 aromatic heterocycles. The van der Waals surface area contributed by atoms with E-state index in [1.54, 1.807) is 13.8 Å². The SMILES string of the molecule is [CH2]c1ccc(C(C)(C)O)cc1. The monoisotopic (exact) mass is 149 g/mol. The highest BCUT2D eigenvalue weighted by Gasteiger charge is 2.14. The Morgan fingerprint density at radius 1 is 1.18 bits per heavy atom. The average molecular weight is 149 g/mol. The summed E-state index contributed by atoms with van der Waals surface area (Å²) in [4.78, 5) is 0. The Kier molecular flexibility index (Phi) is 2.01. The van der Waals surface area contributed by atoms with Gasteiger partial charge in [0.05, 0.1) is 5.60 Å². The van der Waals surface area contributed by atoms with Crippen LogP contribution in [0.5, 0.6) is 0 Å². The Hall–Kier alpha value is -0.820. The molecule has 1 radical (unpaired) electrons. The predicted octanol–water partition coefficient (Wildman–Crippen LogP) is 2.10. The quantitative estimate of drug-likeness (QED) is 0.648. The smallest absolute Gasteiger partial charge is 0.0840 e. The largest absolute Gasteiger partial charge is 0.386 e. The van der Waals surface area contributed by atoms with Crippen LogP contribution < -0.4 is 0 Å². The molecular formula is C10H13O. The third-order valence-corrected chi connectivity index (χ3v) is 1.66. The number of benzene rings is 1. The summed E-state index contributed by atoms with van der Waals surface area (Å²) < 4.78 is 0. The second-order valence-electron chi connectivity index (χ2n) is 3.26. The van der Waals surface area contributed by atoms with Gasteiger partial charge in [-0.25, -0.2) is 0 Å². The molecule has 1 heteroatoms. The van der Waals surface area contributed by atoms with Crippen LogP contribution in [0.3, 0.4) is 0 Å². The highest BCUT2D eigenvalue weighted by molar-refractivity contribution is 5.27. The summed E-state index contributed by atoms with van der Waals surface area (Å²) >= 11 is 0. The van der Waals surface area contributed by atoms with Gasteiger partial charge in [0.15, 0.2) is 0 Å². The minimum Gasteiger partial charge on any atom is -0.386 e. The standard InChI is InChI=1S/C10H13O/c1-8-4-6-9(7-5-8)10(2,3)11/h4-7,11H,1H2,2-3H3. The number of hydrogen-bond acceptors (Lipinski definition) is 1. The van der Waals surface area contributed by atoms with E-state index in [0.717, 1.165) is 11.1 Å². The Labute approximate surface area is 67.7 Å². The molecule has 1 nitrogen and oxygen atoms in total. The van der Waals surface area contributed by atoms with Crippen LogP contribution in [0.4, 0.5) is 0 Å². The summed E-state index contributed by atoms with van der Waals surface area (Å²) in [6.45, 7) is 7.30. The highest BCUT2D eigenvalue weighted by atomic mass is 16.3. The maximum atomic E-state index is 9.56. The van der Waals surface area contributed by atoms with Crippen molar-refractivity contribution in [3.63, 3.8) is 0 Å². The van der Waals surface area contributed by atoms with E-state index in [2.05, 4.69) is 6.92 Å². The van der Waals surface area contributed by atoms with Crippen LogP contribution in [-0.2, 0) is 5.60 Å². The van der Waals surface area contributed by atoms with Crippen molar-refractivity contribution in [2.75, 3.05) is 0 Å². The molecule has 0 fully saturated rings. The number of hydrogen-bond donors (Lipinski definition) is 1. The first-order valence-electron chi connectivity index (χ1n) is 3.65. The van der Waals surface area contributed by atoms with Gasteiger partial charge in [0.2, 0.25) is 0 Å².